The van der Waals surface area contributed by atoms with Gasteiger partial charge in [-0.25, -0.2) is 4.98 Å². The molecule has 1 aromatic carbocycles. The van der Waals surface area contributed by atoms with Gasteiger partial charge in [-0.3, -0.25) is 14.6 Å². The van der Waals surface area contributed by atoms with E-state index >= 15 is 0 Å². The SMILES string of the molecule is Cc1ccc(CNC(=O)CCc2c(C)nc(N3CCOCC3)[nH]c2=O)cc1. The summed E-state index contributed by atoms with van der Waals surface area (Å²) in [4.78, 5) is 33.9. The van der Waals surface area contributed by atoms with Gasteiger partial charge in [0, 0.05) is 37.3 Å². The highest BCUT2D eigenvalue weighted by Crippen LogP contribution is 2.11. The maximum absolute atomic E-state index is 12.4. The fraction of sp³-hybridized carbons (Fsp3) is 0.450. The lowest BCUT2D eigenvalue weighted by atomic mass is 10.1. The highest BCUT2D eigenvalue weighted by atomic mass is 16.5. The van der Waals surface area contributed by atoms with Crippen molar-refractivity contribution in [3.05, 3.63) is 57.0 Å². The third-order valence-electron chi connectivity index (χ3n) is 4.73. The normalized spacial score (nSPS) is 14.2. The molecule has 0 radical (unpaired) electrons. The van der Waals surface area contributed by atoms with Crippen molar-refractivity contribution in [2.75, 3.05) is 31.2 Å². The first-order valence-electron chi connectivity index (χ1n) is 9.27. The largest absolute Gasteiger partial charge is 0.378 e. The van der Waals surface area contributed by atoms with E-state index in [9.17, 15) is 9.59 Å². The van der Waals surface area contributed by atoms with Crippen molar-refractivity contribution < 1.29 is 9.53 Å². The number of morpholine rings is 1. The van der Waals surface area contributed by atoms with E-state index in [2.05, 4.69) is 15.3 Å². The molecule has 2 N–H and O–H groups in total. The van der Waals surface area contributed by atoms with Gasteiger partial charge in [0.05, 0.1) is 13.2 Å². The molecule has 7 nitrogen and oxygen atoms in total. The molecule has 0 spiro atoms. The van der Waals surface area contributed by atoms with Crippen LogP contribution in [0.3, 0.4) is 0 Å². The maximum Gasteiger partial charge on any atom is 0.255 e. The van der Waals surface area contributed by atoms with Crippen molar-refractivity contribution in [1.82, 2.24) is 15.3 Å². The third kappa shape index (κ3) is 5.17. The number of aromatic nitrogens is 2. The monoisotopic (exact) mass is 370 g/mol. The number of carbonyl (C=O) groups is 1. The molecule has 1 aromatic heterocycles. The van der Waals surface area contributed by atoms with Crippen molar-refractivity contribution in [3.8, 4) is 0 Å². The number of nitrogens with zero attached hydrogens (tertiary/aromatic N) is 2. The Bertz CT molecular complexity index is 839. The van der Waals surface area contributed by atoms with E-state index in [-0.39, 0.29) is 17.9 Å². The smallest absolute Gasteiger partial charge is 0.255 e. The van der Waals surface area contributed by atoms with Gasteiger partial charge >= 0.3 is 0 Å². The van der Waals surface area contributed by atoms with Crippen LogP contribution in [0.1, 0.15) is 28.8 Å². The molecular formula is C20H26N4O3. The number of H-pyrrole nitrogens is 1. The van der Waals surface area contributed by atoms with E-state index in [0.717, 1.165) is 5.56 Å². The maximum atomic E-state index is 12.4. The van der Waals surface area contributed by atoms with Crippen molar-refractivity contribution >= 4 is 11.9 Å². The van der Waals surface area contributed by atoms with Gasteiger partial charge in [0.1, 0.15) is 0 Å². The van der Waals surface area contributed by atoms with E-state index in [1.807, 2.05) is 43.0 Å². The summed E-state index contributed by atoms with van der Waals surface area (Å²) in [5.41, 5.74) is 3.31. The van der Waals surface area contributed by atoms with Crippen molar-refractivity contribution in [2.45, 2.75) is 33.2 Å². The summed E-state index contributed by atoms with van der Waals surface area (Å²) in [6, 6.07) is 8.04. The Balaban J connectivity index is 1.56. The molecule has 0 bridgehead atoms. The molecule has 3 rings (SSSR count). The number of aromatic amines is 1. The first-order valence-corrected chi connectivity index (χ1v) is 9.27. The van der Waals surface area contributed by atoms with Gasteiger partial charge in [0.2, 0.25) is 11.9 Å². The van der Waals surface area contributed by atoms with Gasteiger partial charge in [0.25, 0.3) is 5.56 Å². The van der Waals surface area contributed by atoms with E-state index in [1.54, 1.807) is 0 Å². The second-order valence-corrected chi connectivity index (χ2v) is 6.82. The summed E-state index contributed by atoms with van der Waals surface area (Å²) in [5.74, 6) is 0.500. The first-order chi connectivity index (χ1) is 13.0. The number of hydrogen-bond donors (Lipinski definition) is 2. The Kier molecular flexibility index (Phi) is 6.24. The Hall–Kier alpha value is -2.67. The predicted octanol–water partition coefficient (Wildman–Crippen LogP) is 1.47. The van der Waals surface area contributed by atoms with Crippen LogP contribution in [0.2, 0.25) is 0 Å². The summed E-state index contributed by atoms with van der Waals surface area (Å²) >= 11 is 0. The van der Waals surface area contributed by atoms with Gasteiger partial charge in [-0.2, -0.15) is 0 Å². The second kappa shape index (κ2) is 8.81. The zero-order chi connectivity index (χ0) is 19.2. The second-order valence-electron chi connectivity index (χ2n) is 6.82. The zero-order valence-electron chi connectivity index (χ0n) is 15.9. The molecule has 1 amide bonds. The van der Waals surface area contributed by atoms with Crippen LogP contribution in [-0.2, 0) is 22.5 Å². The number of anilines is 1. The Morgan fingerprint density at radius 1 is 1.22 bits per heavy atom. The lowest BCUT2D eigenvalue weighted by Crippen LogP contribution is -2.38. The number of carbonyl (C=O) groups excluding carboxylic acids is 1. The molecule has 1 fully saturated rings. The molecule has 27 heavy (non-hydrogen) atoms. The van der Waals surface area contributed by atoms with Crippen LogP contribution in [0.4, 0.5) is 5.95 Å². The first kappa shape index (κ1) is 19.1. The topological polar surface area (TPSA) is 87.3 Å². The van der Waals surface area contributed by atoms with Gasteiger partial charge in [-0.15, -0.1) is 0 Å². The van der Waals surface area contributed by atoms with Gasteiger partial charge in [-0.1, -0.05) is 29.8 Å². The molecule has 1 aliphatic heterocycles. The van der Waals surface area contributed by atoms with Crippen LogP contribution in [0.25, 0.3) is 0 Å². The van der Waals surface area contributed by atoms with Crippen LogP contribution >= 0.6 is 0 Å². The van der Waals surface area contributed by atoms with E-state index in [4.69, 9.17) is 4.74 Å². The molecule has 1 aliphatic rings. The highest BCUT2D eigenvalue weighted by molar-refractivity contribution is 5.76. The number of ether oxygens (including phenoxy) is 1. The molecule has 2 aromatic rings. The Morgan fingerprint density at radius 3 is 2.59 bits per heavy atom. The minimum absolute atomic E-state index is 0.0772. The Labute approximate surface area is 158 Å². The van der Waals surface area contributed by atoms with Gasteiger partial charge in [0.15, 0.2) is 0 Å². The summed E-state index contributed by atoms with van der Waals surface area (Å²) in [7, 11) is 0. The van der Waals surface area contributed by atoms with Crippen LogP contribution in [0.5, 0.6) is 0 Å². The lowest BCUT2D eigenvalue weighted by molar-refractivity contribution is -0.121. The van der Waals surface area contributed by atoms with E-state index in [1.165, 1.54) is 5.56 Å². The molecule has 2 heterocycles. The fourth-order valence-electron chi connectivity index (χ4n) is 3.05. The minimum Gasteiger partial charge on any atom is -0.378 e. The number of hydrogen-bond acceptors (Lipinski definition) is 5. The number of amides is 1. The molecular weight excluding hydrogens is 344 g/mol. The summed E-state index contributed by atoms with van der Waals surface area (Å²) < 4.78 is 5.33. The molecule has 0 saturated carbocycles. The summed E-state index contributed by atoms with van der Waals surface area (Å²) in [6.45, 7) is 7.02. The number of nitrogens with one attached hydrogen (secondary N) is 2. The summed E-state index contributed by atoms with van der Waals surface area (Å²) in [6.07, 6.45) is 0.631. The lowest BCUT2D eigenvalue weighted by Gasteiger charge is -2.27. The standard InChI is InChI=1S/C20H26N4O3/c1-14-3-5-16(6-4-14)13-21-18(25)8-7-17-15(2)22-20(23-19(17)26)24-9-11-27-12-10-24/h3-6H,7-13H2,1-2H3,(H,21,25)(H,22,23,26). The van der Waals surface area contributed by atoms with Crippen molar-refractivity contribution in [2.24, 2.45) is 0 Å². The fourth-order valence-corrected chi connectivity index (χ4v) is 3.05. The Morgan fingerprint density at radius 2 is 1.93 bits per heavy atom. The molecule has 144 valence electrons. The minimum atomic E-state index is -0.171. The average molecular weight is 370 g/mol. The van der Waals surface area contributed by atoms with Crippen LogP contribution in [0, 0.1) is 13.8 Å². The van der Waals surface area contributed by atoms with Crippen LogP contribution in [-0.4, -0.2) is 42.2 Å². The van der Waals surface area contributed by atoms with Gasteiger partial charge < -0.3 is 15.0 Å². The van der Waals surface area contributed by atoms with Crippen LogP contribution < -0.4 is 15.8 Å². The quantitative estimate of drug-likeness (QED) is 0.804. The number of benzene rings is 1. The molecule has 0 unspecified atom stereocenters. The predicted molar refractivity (Wildman–Crippen MR) is 104 cm³/mol. The average Bonchev–Trinajstić information content (AvgIpc) is 2.67. The van der Waals surface area contributed by atoms with Gasteiger partial charge in [-0.05, 0) is 25.8 Å². The third-order valence-corrected chi connectivity index (χ3v) is 4.73. The zero-order valence-corrected chi connectivity index (χ0v) is 15.9. The van der Waals surface area contributed by atoms with E-state index in [0.29, 0.717) is 56.5 Å². The molecule has 7 heteroatoms. The molecule has 0 aliphatic carbocycles. The van der Waals surface area contributed by atoms with Crippen molar-refractivity contribution in [3.63, 3.8) is 0 Å². The molecule has 1 saturated heterocycles. The van der Waals surface area contributed by atoms with Crippen molar-refractivity contribution in [1.29, 1.82) is 0 Å². The van der Waals surface area contributed by atoms with Crippen LogP contribution in [0.15, 0.2) is 29.1 Å². The summed E-state index contributed by atoms with van der Waals surface area (Å²) in [5, 5.41) is 2.90. The molecule has 0 atom stereocenters. The number of rotatable bonds is 6. The number of aryl methyl sites for hydroxylation is 2. The van der Waals surface area contributed by atoms with E-state index < -0.39 is 0 Å². The highest BCUT2D eigenvalue weighted by Gasteiger charge is 2.16.